The molecule has 0 aliphatic rings. The van der Waals surface area contributed by atoms with Gasteiger partial charge in [-0.15, -0.1) is 11.3 Å². The highest BCUT2D eigenvalue weighted by Crippen LogP contribution is 2.45. The molecule has 0 bridgehead atoms. The van der Waals surface area contributed by atoms with Crippen LogP contribution in [0.2, 0.25) is 0 Å². The van der Waals surface area contributed by atoms with E-state index < -0.39 is 0 Å². The van der Waals surface area contributed by atoms with Gasteiger partial charge in [0.2, 0.25) is 0 Å². The fraction of sp³-hybridized carbons (Fsp3) is 0.154. The zero-order valence-electron chi connectivity index (χ0n) is 31.4. The van der Waals surface area contributed by atoms with Crippen LogP contribution in [0.25, 0.3) is 86.2 Å². The fourth-order valence-corrected chi connectivity index (χ4v) is 9.09. The molecule has 1 heterocycles. The van der Waals surface area contributed by atoms with E-state index in [1.165, 1.54) is 97.4 Å². The summed E-state index contributed by atoms with van der Waals surface area (Å²) in [6, 6.07) is 59.4. The lowest BCUT2D eigenvalue weighted by molar-refractivity contribution is 0.590. The van der Waals surface area contributed by atoms with E-state index in [9.17, 15) is 0 Å². The van der Waals surface area contributed by atoms with Crippen LogP contribution >= 0.6 is 11.3 Å². The Morgan fingerprint density at radius 2 is 0.830 bits per heavy atom. The first-order valence-electron chi connectivity index (χ1n) is 18.7. The van der Waals surface area contributed by atoms with Crippen molar-refractivity contribution < 1.29 is 0 Å². The summed E-state index contributed by atoms with van der Waals surface area (Å²) in [7, 11) is 0. The second-order valence-electron chi connectivity index (χ2n) is 16.6. The van der Waals surface area contributed by atoms with E-state index in [-0.39, 0.29) is 10.8 Å². The molecule has 0 saturated heterocycles. The maximum Gasteiger partial charge on any atom is 0.0434 e. The summed E-state index contributed by atoms with van der Waals surface area (Å²) >= 11 is 1.91. The van der Waals surface area contributed by atoms with Crippen molar-refractivity contribution in [3.8, 4) is 44.5 Å². The van der Waals surface area contributed by atoms with Gasteiger partial charge in [0.15, 0.2) is 0 Å². The Hall–Kier alpha value is -5.50. The first-order valence-corrected chi connectivity index (χ1v) is 19.6. The maximum atomic E-state index is 2.42. The average Bonchev–Trinajstić information content (AvgIpc) is 3.55. The van der Waals surface area contributed by atoms with Gasteiger partial charge in [0.05, 0.1) is 0 Å². The Labute approximate surface area is 317 Å². The molecule has 0 saturated carbocycles. The Morgan fingerprint density at radius 3 is 1.45 bits per heavy atom. The van der Waals surface area contributed by atoms with Gasteiger partial charge in [0.1, 0.15) is 0 Å². The fourth-order valence-electron chi connectivity index (χ4n) is 7.89. The highest BCUT2D eigenvalue weighted by molar-refractivity contribution is 7.26. The Kier molecular flexibility index (Phi) is 7.91. The van der Waals surface area contributed by atoms with Gasteiger partial charge in [0, 0.05) is 25.7 Å². The van der Waals surface area contributed by atoms with E-state index in [1.807, 2.05) is 11.3 Å². The quantitative estimate of drug-likeness (QED) is 0.160. The summed E-state index contributed by atoms with van der Waals surface area (Å²) in [5, 5.41) is 7.79. The Balaban J connectivity index is 1.20. The summed E-state index contributed by atoms with van der Waals surface area (Å²) < 4.78 is 2.65. The summed E-state index contributed by atoms with van der Waals surface area (Å²) in [4.78, 5) is 0. The van der Waals surface area contributed by atoms with E-state index in [4.69, 9.17) is 0 Å². The molecule has 1 heteroatoms. The van der Waals surface area contributed by atoms with Crippen LogP contribution in [-0.4, -0.2) is 0 Å². The molecule has 0 aliphatic heterocycles. The van der Waals surface area contributed by atoms with E-state index >= 15 is 0 Å². The third kappa shape index (κ3) is 6.04. The van der Waals surface area contributed by atoms with Crippen LogP contribution in [0.5, 0.6) is 0 Å². The van der Waals surface area contributed by atoms with Crippen LogP contribution in [0.4, 0.5) is 0 Å². The van der Waals surface area contributed by atoms with Crippen molar-refractivity contribution in [1.82, 2.24) is 0 Å². The van der Waals surface area contributed by atoms with Crippen molar-refractivity contribution in [3.05, 3.63) is 169 Å². The number of hydrogen-bond donors (Lipinski definition) is 0. The predicted molar refractivity (Wildman–Crippen MR) is 233 cm³/mol. The van der Waals surface area contributed by atoms with Gasteiger partial charge in [-0.25, -0.2) is 0 Å². The van der Waals surface area contributed by atoms with Crippen molar-refractivity contribution in [2.75, 3.05) is 0 Å². The molecule has 0 radical (unpaired) electrons. The van der Waals surface area contributed by atoms with Crippen LogP contribution in [0.15, 0.2) is 158 Å². The lowest BCUT2D eigenvalue weighted by atomic mass is 9.86. The van der Waals surface area contributed by atoms with Crippen molar-refractivity contribution in [1.29, 1.82) is 0 Å². The van der Waals surface area contributed by atoms with Crippen LogP contribution in [0.1, 0.15) is 52.7 Å². The van der Waals surface area contributed by atoms with E-state index in [0.717, 1.165) is 0 Å². The first kappa shape index (κ1) is 33.3. The van der Waals surface area contributed by atoms with Gasteiger partial charge >= 0.3 is 0 Å². The summed E-state index contributed by atoms with van der Waals surface area (Å²) in [6.07, 6.45) is 0. The summed E-state index contributed by atoms with van der Waals surface area (Å²) in [5.74, 6) is 0. The molecular formula is C52H44S. The third-order valence-electron chi connectivity index (χ3n) is 11.0. The molecular weight excluding hydrogens is 657 g/mol. The average molecular weight is 701 g/mol. The number of thiophene rings is 1. The number of hydrogen-bond acceptors (Lipinski definition) is 1. The largest absolute Gasteiger partial charge is 0.135 e. The third-order valence-corrected chi connectivity index (χ3v) is 12.2. The van der Waals surface area contributed by atoms with Gasteiger partial charge in [-0.2, -0.15) is 0 Å². The highest BCUT2D eigenvalue weighted by Gasteiger charge is 2.18. The van der Waals surface area contributed by atoms with Crippen molar-refractivity contribution in [2.24, 2.45) is 0 Å². The molecule has 0 fully saturated rings. The van der Waals surface area contributed by atoms with Crippen molar-refractivity contribution in [2.45, 2.75) is 52.4 Å². The molecule has 0 unspecified atom stereocenters. The van der Waals surface area contributed by atoms with Gasteiger partial charge in [0.25, 0.3) is 0 Å². The van der Waals surface area contributed by atoms with Crippen LogP contribution in [0, 0.1) is 0 Å². The van der Waals surface area contributed by atoms with Crippen LogP contribution in [-0.2, 0) is 10.8 Å². The monoisotopic (exact) mass is 700 g/mol. The van der Waals surface area contributed by atoms with E-state index in [2.05, 4.69) is 199 Å². The normalized spacial score (nSPS) is 12.3. The molecule has 0 spiro atoms. The van der Waals surface area contributed by atoms with Crippen molar-refractivity contribution in [3.63, 3.8) is 0 Å². The molecule has 258 valence electrons. The number of rotatable bonds is 4. The number of benzene rings is 8. The molecule has 0 atom stereocenters. The van der Waals surface area contributed by atoms with E-state index in [0.29, 0.717) is 0 Å². The molecule has 53 heavy (non-hydrogen) atoms. The van der Waals surface area contributed by atoms with E-state index in [1.54, 1.807) is 0 Å². The minimum atomic E-state index is 0.108. The molecule has 0 nitrogen and oxygen atoms in total. The van der Waals surface area contributed by atoms with Crippen molar-refractivity contribution >= 4 is 53.1 Å². The van der Waals surface area contributed by atoms with Gasteiger partial charge in [-0.1, -0.05) is 169 Å². The maximum absolute atomic E-state index is 2.42. The zero-order valence-corrected chi connectivity index (χ0v) is 32.2. The standard InChI is InChI=1S/C52H44S/c1-51(2,3)40-24-19-33(20-25-40)37-23-28-49-47(29-37)48-32-39(34-21-26-41(27-22-34)52(4,5)6)31-46(50(48)53-49)36-17-15-35(16-18-36)45-30-38-11-7-8-12-42(38)43-13-9-10-14-44(43)45/h7-32H,1-6H3. The highest BCUT2D eigenvalue weighted by atomic mass is 32.1. The molecule has 0 N–H and O–H groups in total. The first-order chi connectivity index (χ1) is 25.5. The number of fused-ring (bicyclic) bond motifs is 6. The molecule has 9 rings (SSSR count). The molecule has 0 amide bonds. The lowest BCUT2D eigenvalue weighted by Crippen LogP contribution is -2.10. The Bertz CT molecular complexity index is 2800. The topological polar surface area (TPSA) is 0 Å². The lowest BCUT2D eigenvalue weighted by Gasteiger charge is -2.19. The molecule has 0 aliphatic carbocycles. The summed E-state index contributed by atoms with van der Waals surface area (Å²) in [5.41, 5.74) is 13.0. The zero-order chi connectivity index (χ0) is 36.5. The molecule has 9 aromatic rings. The Morgan fingerprint density at radius 1 is 0.340 bits per heavy atom. The summed E-state index contributed by atoms with van der Waals surface area (Å²) in [6.45, 7) is 13.7. The minimum absolute atomic E-state index is 0.108. The van der Waals surface area contributed by atoms with Gasteiger partial charge in [-0.3, -0.25) is 0 Å². The smallest absolute Gasteiger partial charge is 0.0434 e. The van der Waals surface area contributed by atoms with Crippen LogP contribution in [0.3, 0.4) is 0 Å². The molecule has 1 aromatic heterocycles. The second-order valence-corrected chi connectivity index (χ2v) is 17.7. The van der Waals surface area contributed by atoms with Gasteiger partial charge < -0.3 is 0 Å². The minimum Gasteiger partial charge on any atom is -0.135 e. The SMILES string of the molecule is CC(C)(C)c1ccc(-c2ccc3sc4c(-c5ccc(-c6cc7ccccc7c7ccccc67)cc5)cc(-c5ccc(C(C)(C)C)cc5)cc4c3c2)cc1. The second kappa shape index (κ2) is 12.6. The van der Waals surface area contributed by atoms with Gasteiger partial charge in [-0.05, 0) is 113 Å². The predicted octanol–water partition coefficient (Wildman–Crippen LogP) is 15.6. The molecule has 8 aromatic carbocycles. The van der Waals surface area contributed by atoms with Crippen LogP contribution < -0.4 is 0 Å².